The lowest BCUT2D eigenvalue weighted by Crippen LogP contribution is -2.68. The smallest absolute Gasteiger partial charge is 0.225 e. The van der Waals surface area contributed by atoms with Crippen molar-refractivity contribution in [3.63, 3.8) is 0 Å². The summed E-state index contributed by atoms with van der Waals surface area (Å²) in [6, 6.07) is 9.97. The summed E-state index contributed by atoms with van der Waals surface area (Å²) < 4.78 is 18.0. The molecule has 1 aromatic carbocycles. The summed E-state index contributed by atoms with van der Waals surface area (Å²) in [5, 5.41) is 0. The molecule has 3 heterocycles. The van der Waals surface area contributed by atoms with Crippen molar-refractivity contribution in [2.24, 2.45) is 0 Å². The first-order valence-electron chi connectivity index (χ1n) is 7.85. The zero-order chi connectivity index (χ0) is 15.4. The number of piperidine rings is 1. The molecule has 118 valence electrons. The lowest BCUT2D eigenvalue weighted by Gasteiger charge is -2.53. The van der Waals surface area contributed by atoms with Crippen molar-refractivity contribution in [2.45, 2.75) is 50.3 Å². The Morgan fingerprint density at radius 1 is 1.18 bits per heavy atom. The highest BCUT2D eigenvalue weighted by Crippen LogP contribution is 2.48. The first-order chi connectivity index (χ1) is 10.5. The van der Waals surface area contributed by atoms with Crippen LogP contribution in [0.4, 0.5) is 0 Å². The first-order valence-corrected chi connectivity index (χ1v) is 7.85. The van der Waals surface area contributed by atoms with Gasteiger partial charge in [0, 0.05) is 6.42 Å². The van der Waals surface area contributed by atoms with E-state index in [9.17, 15) is 4.79 Å². The van der Waals surface area contributed by atoms with Gasteiger partial charge in [0.05, 0.1) is 12.6 Å². The van der Waals surface area contributed by atoms with Gasteiger partial charge in [-0.1, -0.05) is 30.3 Å². The second-order valence-corrected chi connectivity index (χ2v) is 6.68. The van der Waals surface area contributed by atoms with Crippen LogP contribution in [0.3, 0.4) is 0 Å². The van der Waals surface area contributed by atoms with E-state index >= 15 is 0 Å². The normalized spacial score (nSPS) is 36.8. The Morgan fingerprint density at radius 2 is 1.95 bits per heavy atom. The van der Waals surface area contributed by atoms with Crippen molar-refractivity contribution in [1.82, 2.24) is 4.90 Å². The molecule has 1 amide bonds. The highest BCUT2D eigenvalue weighted by atomic mass is 16.7. The van der Waals surface area contributed by atoms with Gasteiger partial charge in [0.25, 0.3) is 0 Å². The molecule has 0 aliphatic carbocycles. The van der Waals surface area contributed by atoms with Crippen molar-refractivity contribution in [3.05, 3.63) is 35.9 Å². The fraction of sp³-hybridized carbons (Fsp3) is 0.588. The van der Waals surface area contributed by atoms with E-state index in [1.807, 2.05) is 49.1 Å². The maximum atomic E-state index is 12.6. The Morgan fingerprint density at radius 3 is 2.73 bits per heavy atom. The maximum absolute atomic E-state index is 12.6. The number of rotatable bonds is 1. The second-order valence-electron chi connectivity index (χ2n) is 6.68. The van der Waals surface area contributed by atoms with E-state index in [4.69, 9.17) is 14.2 Å². The third-order valence-corrected chi connectivity index (χ3v) is 4.84. The lowest BCUT2D eigenvalue weighted by molar-refractivity contribution is -0.360. The van der Waals surface area contributed by atoms with Gasteiger partial charge >= 0.3 is 0 Å². The summed E-state index contributed by atoms with van der Waals surface area (Å²) in [7, 11) is 0. The van der Waals surface area contributed by atoms with Gasteiger partial charge in [-0.15, -0.1) is 0 Å². The molecule has 3 aliphatic heterocycles. The molecule has 0 N–H and O–H groups in total. The number of carbonyl (C=O) groups excluding carboxylic acids is 1. The molecular formula is C17H21NO4. The van der Waals surface area contributed by atoms with Crippen LogP contribution in [0.25, 0.3) is 0 Å². The molecule has 5 heteroatoms. The van der Waals surface area contributed by atoms with Crippen LogP contribution in [-0.2, 0) is 19.0 Å². The van der Waals surface area contributed by atoms with Crippen LogP contribution in [0.5, 0.6) is 0 Å². The predicted octanol–water partition coefficient (Wildman–Crippen LogP) is 2.23. The van der Waals surface area contributed by atoms with E-state index in [-0.39, 0.29) is 18.1 Å². The van der Waals surface area contributed by atoms with Crippen molar-refractivity contribution in [3.8, 4) is 0 Å². The summed E-state index contributed by atoms with van der Waals surface area (Å²) >= 11 is 0. The summed E-state index contributed by atoms with van der Waals surface area (Å²) in [6.45, 7) is 4.66. The van der Waals surface area contributed by atoms with E-state index in [2.05, 4.69) is 0 Å². The SMILES string of the molecule is CC1(C)OC[C@@]23OC[C@@H](c4ccccc4)N2C(=O)CC[C@H]3O1. The molecule has 0 radical (unpaired) electrons. The fourth-order valence-electron chi connectivity index (χ4n) is 3.79. The monoisotopic (exact) mass is 303 g/mol. The van der Waals surface area contributed by atoms with Gasteiger partial charge in [0.2, 0.25) is 5.91 Å². The predicted molar refractivity (Wildman–Crippen MR) is 78.9 cm³/mol. The molecule has 0 saturated carbocycles. The molecule has 3 aliphatic rings. The van der Waals surface area contributed by atoms with Gasteiger partial charge in [-0.25, -0.2) is 0 Å². The van der Waals surface area contributed by atoms with Crippen molar-refractivity contribution in [1.29, 1.82) is 0 Å². The topological polar surface area (TPSA) is 48.0 Å². The average Bonchev–Trinajstić information content (AvgIpc) is 2.90. The Balaban J connectivity index is 1.71. The average molecular weight is 303 g/mol. The summed E-state index contributed by atoms with van der Waals surface area (Å²) in [5.74, 6) is -0.509. The van der Waals surface area contributed by atoms with Crippen molar-refractivity contribution in [2.75, 3.05) is 13.2 Å². The minimum absolute atomic E-state index is 0.0649. The number of hydrogen-bond donors (Lipinski definition) is 0. The number of ether oxygens (including phenoxy) is 3. The largest absolute Gasteiger partial charge is 0.348 e. The van der Waals surface area contributed by atoms with Crippen LogP contribution < -0.4 is 0 Å². The van der Waals surface area contributed by atoms with Gasteiger partial charge in [0.1, 0.15) is 12.7 Å². The summed E-state index contributed by atoms with van der Waals surface area (Å²) in [6.07, 6.45) is 1.04. The minimum atomic E-state index is -0.772. The van der Waals surface area contributed by atoms with E-state index in [1.165, 1.54) is 0 Å². The van der Waals surface area contributed by atoms with Gasteiger partial charge in [-0.2, -0.15) is 0 Å². The van der Waals surface area contributed by atoms with Crippen LogP contribution in [0.2, 0.25) is 0 Å². The second kappa shape index (κ2) is 4.78. The number of hydrogen-bond acceptors (Lipinski definition) is 4. The minimum Gasteiger partial charge on any atom is -0.348 e. The van der Waals surface area contributed by atoms with Gasteiger partial charge in [0.15, 0.2) is 11.5 Å². The summed E-state index contributed by atoms with van der Waals surface area (Å²) in [5.41, 5.74) is 0.323. The van der Waals surface area contributed by atoms with Crippen LogP contribution in [0, 0.1) is 0 Å². The Kier molecular flexibility index (Phi) is 3.08. The van der Waals surface area contributed by atoms with E-state index < -0.39 is 11.5 Å². The molecule has 22 heavy (non-hydrogen) atoms. The van der Waals surface area contributed by atoms with Crippen LogP contribution >= 0.6 is 0 Å². The molecule has 5 nitrogen and oxygen atoms in total. The molecular weight excluding hydrogens is 282 g/mol. The van der Waals surface area contributed by atoms with Gasteiger partial charge in [-0.05, 0) is 25.8 Å². The number of benzene rings is 1. The standard InChI is InChI=1S/C17H21NO4/c1-16(2)21-11-17-14(22-16)8-9-15(19)18(17)13(10-20-17)12-6-4-3-5-7-12/h3-7,13-14H,8-11H2,1-2H3/t13-,14+,17-/m0/s1. The Labute approximate surface area is 130 Å². The molecule has 3 fully saturated rings. The van der Waals surface area contributed by atoms with Gasteiger partial charge < -0.3 is 19.1 Å². The lowest BCUT2D eigenvalue weighted by atomic mass is 9.91. The quantitative estimate of drug-likeness (QED) is 0.798. The zero-order valence-electron chi connectivity index (χ0n) is 13.0. The number of carbonyl (C=O) groups is 1. The third-order valence-electron chi connectivity index (χ3n) is 4.84. The molecule has 3 atom stereocenters. The van der Waals surface area contributed by atoms with Crippen molar-refractivity contribution >= 4 is 5.91 Å². The molecule has 0 aromatic heterocycles. The van der Waals surface area contributed by atoms with Crippen LogP contribution in [0.15, 0.2) is 30.3 Å². The highest BCUT2D eigenvalue weighted by molar-refractivity contribution is 5.79. The first kappa shape index (κ1) is 14.2. The number of amides is 1. The Hall–Kier alpha value is -1.43. The molecule has 0 unspecified atom stereocenters. The zero-order valence-corrected chi connectivity index (χ0v) is 13.0. The van der Waals surface area contributed by atoms with Crippen LogP contribution in [-0.4, -0.2) is 41.6 Å². The van der Waals surface area contributed by atoms with Gasteiger partial charge in [-0.3, -0.25) is 4.79 Å². The maximum Gasteiger partial charge on any atom is 0.225 e. The van der Waals surface area contributed by atoms with E-state index in [0.29, 0.717) is 26.1 Å². The van der Waals surface area contributed by atoms with Crippen molar-refractivity contribution < 1.29 is 19.0 Å². The fourth-order valence-corrected chi connectivity index (χ4v) is 3.79. The third kappa shape index (κ3) is 2.00. The molecule has 3 saturated heterocycles. The Bertz CT molecular complexity index is 588. The molecule has 4 rings (SSSR count). The van der Waals surface area contributed by atoms with E-state index in [1.54, 1.807) is 0 Å². The van der Waals surface area contributed by atoms with E-state index in [0.717, 1.165) is 5.56 Å². The molecule has 0 bridgehead atoms. The summed E-state index contributed by atoms with van der Waals surface area (Å²) in [4.78, 5) is 14.5. The molecule has 1 spiro atoms. The molecule has 1 aromatic rings. The number of nitrogens with zero attached hydrogens (tertiary/aromatic N) is 1. The highest BCUT2D eigenvalue weighted by Gasteiger charge is 2.61. The van der Waals surface area contributed by atoms with Crippen LogP contribution in [0.1, 0.15) is 38.3 Å².